The largest absolute Gasteiger partial charge is 0.497 e. The minimum Gasteiger partial charge on any atom is -0.497 e. The summed E-state index contributed by atoms with van der Waals surface area (Å²) >= 11 is 0. The van der Waals surface area contributed by atoms with Crippen molar-refractivity contribution in [1.29, 1.82) is 0 Å². The number of carbonyl (C=O) groups excluding carboxylic acids is 1. The fraction of sp³-hybridized carbons (Fsp3) is 0.353. The van der Waals surface area contributed by atoms with E-state index in [0.717, 1.165) is 11.3 Å². The molecule has 0 aliphatic rings. The van der Waals surface area contributed by atoms with Crippen LogP contribution in [0.1, 0.15) is 18.9 Å². The normalized spacial score (nSPS) is 11.0. The van der Waals surface area contributed by atoms with Gasteiger partial charge in [-0.3, -0.25) is 0 Å². The van der Waals surface area contributed by atoms with E-state index in [1.165, 1.54) is 0 Å². The molecule has 112 valence electrons. The lowest BCUT2D eigenvalue weighted by Gasteiger charge is -2.10. The molecule has 0 aromatic heterocycles. The van der Waals surface area contributed by atoms with Crippen LogP contribution in [0.25, 0.3) is 0 Å². The molecule has 0 N–H and O–H groups in total. The maximum Gasteiger partial charge on any atom is 0.335 e. The summed E-state index contributed by atoms with van der Waals surface area (Å²) in [6, 6.07) is 7.37. The van der Waals surface area contributed by atoms with Crippen LogP contribution in [0.2, 0.25) is 0 Å². The fourth-order valence-electron chi connectivity index (χ4n) is 1.46. The second-order valence-electron chi connectivity index (χ2n) is 4.23. The van der Waals surface area contributed by atoms with Crippen molar-refractivity contribution in [3.05, 3.63) is 42.5 Å². The SMILES string of the molecule is C=CCCOC(C)C(=O)OCC#Cc1cccc(OC)c1. The monoisotopic (exact) mass is 288 g/mol. The summed E-state index contributed by atoms with van der Waals surface area (Å²) in [5.41, 5.74) is 0.806. The molecule has 4 nitrogen and oxygen atoms in total. The molecule has 4 heteroatoms. The van der Waals surface area contributed by atoms with Gasteiger partial charge in [-0.05, 0) is 31.5 Å². The van der Waals surface area contributed by atoms with Crippen molar-refractivity contribution in [2.24, 2.45) is 0 Å². The summed E-state index contributed by atoms with van der Waals surface area (Å²) in [6.45, 7) is 5.72. The van der Waals surface area contributed by atoms with E-state index >= 15 is 0 Å². The lowest BCUT2D eigenvalue weighted by atomic mass is 10.2. The van der Waals surface area contributed by atoms with Gasteiger partial charge >= 0.3 is 5.97 Å². The number of rotatable bonds is 7. The van der Waals surface area contributed by atoms with E-state index in [0.29, 0.717) is 13.0 Å². The van der Waals surface area contributed by atoms with E-state index in [9.17, 15) is 4.79 Å². The average Bonchev–Trinajstić information content (AvgIpc) is 2.51. The molecule has 0 spiro atoms. The van der Waals surface area contributed by atoms with Gasteiger partial charge in [0.1, 0.15) is 5.75 Å². The Labute approximate surface area is 125 Å². The Kier molecular flexibility index (Phi) is 7.70. The maximum atomic E-state index is 11.6. The first kappa shape index (κ1) is 16.8. The zero-order valence-corrected chi connectivity index (χ0v) is 12.4. The van der Waals surface area contributed by atoms with Crippen LogP contribution >= 0.6 is 0 Å². The summed E-state index contributed by atoms with van der Waals surface area (Å²) in [7, 11) is 1.60. The molecule has 0 bridgehead atoms. The molecular weight excluding hydrogens is 268 g/mol. The lowest BCUT2D eigenvalue weighted by Crippen LogP contribution is -2.23. The molecule has 1 aromatic rings. The first-order chi connectivity index (χ1) is 10.2. The molecule has 0 fully saturated rings. The van der Waals surface area contributed by atoms with E-state index in [1.54, 1.807) is 20.1 Å². The molecule has 1 aromatic carbocycles. The molecule has 1 atom stereocenters. The Hall–Kier alpha value is -2.25. The third-order valence-corrected chi connectivity index (χ3v) is 2.61. The van der Waals surface area contributed by atoms with Crippen LogP contribution in [0.5, 0.6) is 5.75 Å². The molecule has 1 rings (SSSR count). The highest BCUT2D eigenvalue weighted by molar-refractivity contribution is 5.74. The van der Waals surface area contributed by atoms with E-state index < -0.39 is 12.1 Å². The minimum absolute atomic E-state index is 0.0329. The van der Waals surface area contributed by atoms with Crippen molar-refractivity contribution in [2.75, 3.05) is 20.3 Å². The van der Waals surface area contributed by atoms with Crippen LogP contribution in [-0.2, 0) is 14.3 Å². The Bertz CT molecular complexity index is 525. The van der Waals surface area contributed by atoms with Crippen molar-refractivity contribution in [2.45, 2.75) is 19.4 Å². The Morgan fingerprint density at radius 2 is 2.29 bits per heavy atom. The van der Waals surface area contributed by atoms with Crippen molar-refractivity contribution in [1.82, 2.24) is 0 Å². The first-order valence-electron chi connectivity index (χ1n) is 6.69. The highest BCUT2D eigenvalue weighted by Crippen LogP contribution is 2.11. The number of hydrogen-bond acceptors (Lipinski definition) is 4. The molecule has 0 radical (unpaired) electrons. The van der Waals surface area contributed by atoms with Crippen LogP contribution < -0.4 is 4.74 Å². The van der Waals surface area contributed by atoms with Gasteiger partial charge in [0, 0.05) is 5.56 Å². The number of benzene rings is 1. The van der Waals surface area contributed by atoms with E-state index in [2.05, 4.69) is 18.4 Å². The predicted molar refractivity (Wildman–Crippen MR) is 81.1 cm³/mol. The van der Waals surface area contributed by atoms with Gasteiger partial charge in [0.25, 0.3) is 0 Å². The Morgan fingerprint density at radius 1 is 1.48 bits per heavy atom. The van der Waals surface area contributed by atoms with Gasteiger partial charge in [-0.15, -0.1) is 6.58 Å². The van der Waals surface area contributed by atoms with Gasteiger partial charge in [-0.25, -0.2) is 4.79 Å². The molecule has 1 unspecified atom stereocenters. The van der Waals surface area contributed by atoms with Gasteiger partial charge in [-0.1, -0.05) is 24.0 Å². The second-order valence-corrected chi connectivity index (χ2v) is 4.23. The Morgan fingerprint density at radius 3 is 3.00 bits per heavy atom. The molecular formula is C17H20O4. The van der Waals surface area contributed by atoms with Crippen molar-refractivity contribution < 1.29 is 19.0 Å². The van der Waals surface area contributed by atoms with E-state index in [1.807, 2.05) is 24.3 Å². The number of esters is 1. The molecule has 21 heavy (non-hydrogen) atoms. The third-order valence-electron chi connectivity index (χ3n) is 2.61. The molecule has 0 heterocycles. The topological polar surface area (TPSA) is 44.8 Å². The van der Waals surface area contributed by atoms with Crippen molar-refractivity contribution in [3.63, 3.8) is 0 Å². The predicted octanol–water partition coefficient (Wildman–Crippen LogP) is 2.57. The van der Waals surface area contributed by atoms with Gasteiger partial charge in [-0.2, -0.15) is 0 Å². The molecule has 0 aliphatic carbocycles. The van der Waals surface area contributed by atoms with Gasteiger partial charge < -0.3 is 14.2 Å². The smallest absolute Gasteiger partial charge is 0.335 e. The zero-order valence-electron chi connectivity index (χ0n) is 12.4. The standard InChI is InChI=1S/C17H20O4/c1-4-5-11-20-14(2)17(18)21-12-7-9-15-8-6-10-16(13-15)19-3/h4,6,8,10,13-14H,1,5,11-12H2,2-3H3. The summed E-state index contributed by atoms with van der Waals surface area (Å²) in [4.78, 5) is 11.6. The number of carbonyl (C=O) groups is 1. The molecule has 0 saturated heterocycles. The Balaban J connectivity index is 2.37. The highest BCUT2D eigenvalue weighted by Gasteiger charge is 2.13. The third kappa shape index (κ3) is 6.64. The number of methoxy groups -OCH3 is 1. The minimum atomic E-state index is -0.594. The lowest BCUT2D eigenvalue weighted by molar-refractivity contribution is -0.154. The number of hydrogen-bond donors (Lipinski definition) is 0. The molecule has 0 aliphatic heterocycles. The van der Waals surface area contributed by atoms with E-state index in [-0.39, 0.29) is 6.61 Å². The van der Waals surface area contributed by atoms with Crippen molar-refractivity contribution in [3.8, 4) is 17.6 Å². The van der Waals surface area contributed by atoms with Gasteiger partial charge in [0.15, 0.2) is 12.7 Å². The fourth-order valence-corrected chi connectivity index (χ4v) is 1.46. The van der Waals surface area contributed by atoms with E-state index in [4.69, 9.17) is 14.2 Å². The summed E-state index contributed by atoms with van der Waals surface area (Å²) in [5.74, 6) is 6.01. The average molecular weight is 288 g/mol. The quantitative estimate of drug-likeness (QED) is 0.335. The first-order valence-corrected chi connectivity index (χ1v) is 6.69. The van der Waals surface area contributed by atoms with Gasteiger partial charge in [0.2, 0.25) is 0 Å². The molecule has 0 amide bonds. The zero-order chi connectivity index (χ0) is 15.5. The van der Waals surface area contributed by atoms with Crippen molar-refractivity contribution >= 4 is 5.97 Å². The summed E-state index contributed by atoms with van der Waals surface area (Å²) in [6.07, 6.45) is 1.84. The van der Waals surface area contributed by atoms with Crippen LogP contribution in [0.3, 0.4) is 0 Å². The maximum absolute atomic E-state index is 11.6. The van der Waals surface area contributed by atoms with Crippen LogP contribution in [0.15, 0.2) is 36.9 Å². The highest BCUT2D eigenvalue weighted by atomic mass is 16.6. The van der Waals surface area contributed by atoms with Crippen LogP contribution in [0, 0.1) is 11.8 Å². The summed E-state index contributed by atoms with van der Waals surface area (Å²) < 4.78 is 15.4. The second kappa shape index (κ2) is 9.62. The summed E-state index contributed by atoms with van der Waals surface area (Å²) in [5, 5.41) is 0. The van der Waals surface area contributed by atoms with Crippen LogP contribution in [0.4, 0.5) is 0 Å². The molecule has 0 saturated carbocycles. The number of ether oxygens (including phenoxy) is 3. The van der Waals surface area contributed by atoms with Crippen LogP contribution in [-0.4, -0.2) is 32.4 Å². The van der Waals surface area contributed by atoms with Gasteiger partial charge in [0.05, 0.1) is 13.7 Å².